The molecule has 4 rings (SSSR count). The van der Waals surface area contributed by atoms with Crippen LogP contribution in [-0.2, 0) is 28.9 Å². The number of halogens is 2. The van der Waals surface area contributed by atoms with E-state index in [1.54, 1.807) is 0 Å². The number of ether oxygens (including phenoxy) is 2. The molecule has 0 bridgehead atoms. The van der Waals surface area contributed by atoms with E-state index in [9.17, 15) is 14.0 Å². The Morgan fingerprint density at radius 2 is 2.16 bits per heavy atom. The molecule has 1 aromatic carbocycles. The lowest BCUT2D eigenvalue weighted by atomic mass is 9.76. The maximum Gasteiger partial charge on any atom is 0.341 e. The Bertz CT molecular complexity index is 1020. The number of aromatic nitrogens is 2. The second kappa shape index (κ2) is 9.58. The van der Waals surface area contributed by atoms with E-state index in [-0.39, 0.29) is 28.5 Å². The fourth-order valence-corrected chi connectivity index (χ4v) is 4.64. The van der Waals surface area contributed by atoms with E-state index in [2.05, 4.69) is 10.4 Å². The summed E-state index contributed by atoms with van der Waals surface area (Å²) in [4.78, 5) is 25.0. The fraction of sp³-hybridized carbons (Fsp3) is 0.522. The third kappa shape index (κ3) is 4.66. The average molecular weight is 464 g/mol. The maximum atomic E-state index is 13.9. The highest BCUT2D eigenvalue weighted by molar-refractivity contribution is 6.30. The van der Waals surface area contributed by atoms with E-state index in [4.69, 9.17) is 21.1 Å². The van der Waals surface area contributed by atoms with Crippen molar-refractivity contribution in [3.05, 3.63) is 51.6 Å². The molecule has 1 saturated heterocycles. The Kier molecular flexibility index (Phi) is 6.81. The van der Waals surface area contributed by atoms with Crippen LogP contribution in [-0.4, -0.2) is 48.0 Å². The van der Waals surface area contributed by atoms with Crippen LogP contribution < -0.4 is 5.32 Å². The van der Waals surface area contributed by atoms with Gasteiger partial charge in [-0.3, -0.25) is 9.48 Å². The molecule has 172 valence electrons. The molecule has 2 aliphatic rings. The molecular weight excluding hydrogens is 437 g/mol. The minimum Gasteiger partial charge on any atom is -0.462 e. The summed E-state index contributed by atoms with van der Waals surface area (Å²) in [6.07, 6.45) is 3.68. The van der Waals surface area contributed by atoms with E-state index in [0.717, 1.165) is 36.7 Å². The molecule has 32 heavy (non-hydrogen) atoms. The van der Waals surface area contributed by atoms with Gasteiger partial charge in [-0.05, 0) is 49.3 Å². The third-order valence-electron chi connectivity index (χ3n) is 6.31. The monoisotopic (exact) mass is 463 g/mol. The third-order valence-corrected chi connectivity index (χ3v) is 6.54. The Labute approximate surface area is 191 Å². The van der Waals surface area contributed by atoms with Gasteiger partial charge in [0.05, 0.1) is 29.1 Å². The number of carbonyl (C=O) groups excluding carboxylic acids is 2. The number of fused-ring (bicyclic) bond motifs is 1. The summed E-state index contributed by atoms with van der Waals surface area (Å²) in [5, 5.41) is 8.05. The summed E-state index contributed by atoms with van der Waals surface area (Å²) >= 11 is 5.85. The zero-order chi connectivity index (χ0) is 22.7. The van der Waals surface area contributed by atoms with E-state index in [1.165, 1.54) is 12.1 Å². The highest BCUT2D eigenvalue weighted by Crippen LogP contribution is 2.37. The minimum absolute atomic E-state index is 0.0292. The largest absolute Gasteiger partial charge is 0.462 e. The van der Waals surface area contributed by atoms with E-state index in [0.29, 0.717) is 44.7 Å². The van der Waals surface area contributed by atoms with Crippen LogP contribution in [0.4, 0.5) is 4.39 Å². The van der Waals surface area contributed by atoms with Gasteiger partial charge in [-0.25, -0.2) is 9.18 Å². The van der Waals surface area contributed by atoms with Crippen molar-refractivity contribution in [3.8, 4) is 0 Å². The number of nitrogens with one attached hydrogen (secondary N) is 1. The number of hydrogen-bond donors (Lipinski definition) is 1. The molecule has 0 saturated carbocycles. The first-order chi connectivity index (χ1) is 15.4. The van der Waals surface area contributed by atoms with Crippen LogP contribution >= 0.6 is 11.6 Å². The SMILES string of the molecule is CCc1nn(CCCOC(=O)c2cc(Cl)ccc2F)c2c1C(=O)NCC1(CCOCC1)C2. The molecule has 1 spiro atoms. The predicted molar refractivity (Wildman–Crippen MR) is 116 cm³/mol. The fourth-order valence-electron chi connectivity index (χ4n) is 4.47. The van der Waals surface area contributed by atoms with Crippen LogP contribution in [0.3, 0.4) is 0 Å². The highest BCUT2D eigenvalue weighted by Gasteiger charge is 2.39. The van der Waals surface area contributed by atoms with Gasteiger partial charge in [0.2, 0.25) is 0 Å². The molecule has 0 unspecified atom stereocenters. The molecule has 0 radical (unpaired) electrons. The van der Waals surface area contributed by atoms with E-state index in [1.807, 2.05) is 11.6 Å². The number of hydrogen-bond acceptors (Lipinski definition) is 5. The van der Waals surface area contributed by atoms with Crippen LogP contribution in [0.1, 0.15) is 58.3 Å². The summed E-state index contributed by atoms with van der Waals surface area (Å²) in [7, 11) is 0. The molecule has 2 aromatic rings. The van der Waals surface area contributed by atoms with Gasteiger partial charge in [-0.15, -0.1) is 0 Å². The van der Waals surface area contributed by atoms with Gasteiger partial charge < -0.3 is 14.8 Å². The Hall–Kier alpha value is -2.45. The summed E-state index contributed by atoms with van der Waals surface area (Å²) in [6, 6.07) is 3.78. The number of amides is 1. The van der Waals surface area contributed by atoms with Crippen molar-refractivity contribution in [2.75, 3.05) is 26.4 Å². The maximum absolute atomic E-state index is 13.9. The quantitative estimate of drug-likeness (QED) is 0.523. The van der Waals surface area contributed by atoms with Crippen molar-refractivity contribution in [2.45, 2.75) is 45.6 Å². The lowest BCUT2D eigenvalue weighted by Gasteiger charge is -2.36. The van der Waals surface area contributed by atoms with Crippen molar-refractivity contribution in [2.24, 2.45) is 5.41 Å². The number of nitrogens with zero attached hydrogens (tertiary/aromatic N) is 2. The van der Waals surface area contributed by atoms with Gasteiger partial charge in [0.1, 0.15) is 5.82 Å². The van der Waals surface area contributed by atoms with Crippen LogP contribution in [0.2, 0.25) is 5.02 Å². The Balaban J connectivity index is 1.46. The number of aryl methyl sites for hydroxylation is 2. The lowest BCUT2D eigenvalue weighted by molar-refractivity contribution is 0.0152. The van der Waals surface area contributed by atoms with Gasteiger partial charge in [-0.1, -0.05) is 18.5 Å². The van der Waals surface area contributed by atoms with Crippen LogP contribution in [0.5, 0.6) is 0 Å². The number of esters is 1. The molecule has 2 aliphatic heterocycles. The smallest absolute Gasteiger partial charge is 0.341 e. The molecule has 9 heteroatoms. The summed E-state index contributed by atoms with van der Waals surface area (Å²) < 4.78 is 26.5. The van der Waals surface area contributed by atoms with Gasteiger partial charge in [-0.2, -0.15) is 5.10 Å². The van der Waals surface area contributed by atoms with Crippen molar-refractivity contribution in [1.82, 2.24) is 15.1 Å². The number of carbonyl (C=O) groups is 2. The predicted octanol–water partition coefficient (Wildman–Crippen LogP) is 3.57. The lowest BCUT2D eigenvalue weighted by Crippen LogP contribution is -2.40. The molecular formula is C23H27ClFN3O4. The molecule has 1 aromatic heterocycles. The van der Waals surface area contributed by atoms with Gasteiger partial charge in [0.15, 0.2) is 0 Å². The van der Waals surface area contributed by atoms with Crippen LogP contribution in [0, 0.1) is 11.2 Å². The Morgan fingerprint density at radius 3 is 2.91 bits per heavy atom. The van der Waals surface area contributed by atoms with Crippen molar-refractivity contribution in [3.63, 3.8) is 0 Å². The average Bonchev–Trinajstić information content (AvgIpc) is 3.07. The number of rotatable bonds is 6. The minimum atomic E-state index is -0.751. The molecule has 0 atom stereocenters. The standard InChI is InChI=1S/C23H27ClFN3O4/c1-2-18-20-19(13-23(14-26-21(20)29)6-10-31-11-7-23)28(27-18)8-3-9-32-22(30)16-12-15(24)4-5-17(16)25/h4-5,12H,2-3,6-11,13-14H2,1H3,(H,26,29). The first-order valence-corrected chi connectivity index (χ1v) is 11.4. The van der Waals surface area contributed by atoms with Crippen molar-refractivity contribution in [1.29, 1.82) is 0 Å². The summed E-state index contributed by atoms with van der Waals surface area (Å²) in [6.45, 7) is 4.60. The zero-order valence-electron chi connectivity index (χ0n) is 18.1. The first-order valence-electron chi connectivity index (χ1n) is 11.0. The second-order valence-corrected chi connectivity index (χ2v) is 8.87. The van der Waals surface area contributed by atoms with E-state index >= 15 is 0 Å². The molecule has 7 nitrogen and oxygen atoms in total. The van der Waals surface area contributed by atoms with Gasteiger partial charge in [0, 0.05) is 37.7 Å². The van der Waals surface area contributed by atoms with Gasteiger partial charge >= 0.3 is 5.97 Å². The van der Waals surface area contributed by atoms with Crippen molar-refractivity contribution < 1.29 is 23.5 Å². The zero-order valence-corrected chi connectivity index (χ0v) is 18.8. The molecule has 1 fully saturated rings. The second-order valence-electron chi connectivity index (χ2n) is 8.43. The normalized spacial score (nSPS) is 17.5. The molecule has 1 amide bonds. The van der Waals surface area contributed by atoms with Crippen molar-refractivity contribution >= 4 is 23.5 Å². The van der Waals surface area contributed by atoms with Crippen LogP contribution in [0.25, 0.3) is 0 Å². The molecule has 1 N–H and O–H groups in total. The Morgan fingerprint density at radius 1 is 1.38 bits per heavy atom. The topological polar surface area (TPSA) is 82.5 Å². The first kappa shape index (κ1) is 22.7. The summed E-state index contributed by atoms with van der Waals surface area (Å²) in [5.74, 6) is -1.49. The number of benzene rings is 1. The van der Waals surface area contributed by atoms with Crippen LogP contribution in [0.15, 0.2) is 18.2 Å². The molecule has 3 heterocycles. The molecule has 0 aliphatic carbocycles. The van der Waals surface area contributed by atoms with E-state index < -0.39 is 11.8 Å². The highest BCUT2D eigenvalue weighted by atomic mass is 35.5. The van der Waals surface area contributed by atoms with Gasteiger partial charge in [0.25, 0.3) is 5.91 Å². The summed E-state index contributed by atoms with van der Waals surface area (Å²) in [5.41, 5.74) is 2.18.